The van der Waals surface area contributed by atoms with Gasteiger partial charge in [-0.1, -0.05) is 60.8 Å². The van der Waals surface area contributed by atoms with Crippen LogP contribution in [-0.2, 0) is 9.67 Å². The van der Waals surface area contributed by atoms with Crippen molar-refractivity contribution in [2.24, 2.45) is 10.8 Å². The molecule has 3 rings (SSSR count). The standard InChI is InChI=1S/C21H22FN3OS/c1-15(2)20(26)25-21(12-7-13-23,17-9-4-3-5-10-17)27-19(24-25)16-8-6-11-18(22)14-16/h3-6,8-11,14H,1,7,12-13,23H2,2H3. The summed E-state index contributed by atoms with van der Waals surface area (Å²) >= 11 is 1.46. The number of hydrogen-bond donors (Lipinski definition) is 1. The van der Waals surface area contributed by atoms with E-state index in [0.29, 0.717) is 35.6 Å². The second-order valence-electron chi connectivity index (χ2n) is 6.46. The molecule has 2 N–H and O–H groups in total. The zero-order chi connectivity index (χ0) is 19.4. The van der Waals surface area contributed by atoms with Crippen LogP contribution in [0.1, 0.15) is 30.9 Å². The van der Waals surface area contributed by atoms with Gasteiger partial charge in [0.2, 0.25) is 0 Å². The Morgan fingerprint density at radius 2 is 2.00 bits per heavy atom. The van der Waals surface area contributed by atoms with Crippen molar-refractivity contribution in [2.75, 3.05) is 6.54 Å². The topological polar surface area (TPSA) is 58.7 Å². The molecule has 6 heteroatoms. The molecule has 0 saturated heterocycles. The second kappa shape index (κ2) is 8.06. The number of hydrazone groups is 1. The van der Waals surface area contributed by atoms with Crippen LogP contribution in [-0.4, -0.2) is 22.5 Å². The number of amides is 1. The van der Waals surface area contributed by atoms with E-state index in [1.165, 1.54) is 28.9 Å². The molecule has 1 aliphatic rings. The molecule has 0 fully saturated rings. The number of carbonyl (C=O) groups is 1. The molecule has 2 aromatic rings. The molecule has 0 radical (unpaired) electrons. The molecule has 1 unspecified atom stereocenters. The maximum atomic E-state index is 13.7. The van der Waals surface area contributed by atoms with Gasteiger partial charge in [-0.05, 0) is 44.0 Å². The van der Waals surface area contributed by atoms with Crippen molar-refractivity contribution in [3.8, 4) is 0 Å². The Kier molecular flexibility index (Phi) is 5.77. The van der Waals surface area contributed by atoms with Crippen molar-refractivity contribution in [1.82, 2.24) is 5.01 Å². The molecule has 0 spiro atoms. The third kappa shape index (κ3) is 3.82. The van der Waals surface area contributed by atoms with Gasteiger partial charge < -0.3 is 5.73 Å². The fraction of sp³-hybridized carbons (Fsp3) is 0.238. The van der Waals surface area contributed by atoms with Gasteiger partial charge in [0.15, 0.2) is 0 Å². The van der Waals surface area contributed by atoms with Gasteiger partial charge in [0.05, 0.1) is 0 Å². The van der Waals surface area contributed by atoms with E-state index in [9.17, 15) is 9.18 Å². The van der Waals surface area contributed by atoms with E-state index in [2.05, 4.69) is 11.7 Å². The summed E-state index contributed by atoms with van der Waals surface area (Å²) in [6.07, 6.45) is 1.34. The quantitative estimate of drug-likeness (QED) is 0.760. The zero-order valence-corrected chi connectivity index (χ0v) is 16.0. The Hall–Kier alpha value is -2.44. The molecule has 1 amide bonds. The van der Waals surface area contributed by atoms with E-state index < -0.39 is 4.87 Å². The highest BCUT2D eigenvalue weighted by Crippen LogP contribution is 2.50. The molecule has 1 aliphatic heterocycles. The predicted molar refractivity (Wildman–Crippen MR) is 109 cm³/mol. The van der Waals surface area contributed by atoms with Crippen molar-refractivity contribution in [1.29, 1.82) is 0 Å². The summed E-state index contributed by atoms with van der Waals surface area (Å²) in [4.78, 5) is 12.2. The summed E-state index contributed by atoms with van der Waals surface area (Å²) in [5.74, 6) is -0.595. The number of hydrogen-bond acceptors (Lipinski definition) is 4. The molecular formula is C21H22FN3OS. The van der Waals surface area contributed by atoms with Crippen molar-refractivity contribution < 1.29 is 9.18 Å². The summed E-state index contributed by atoms with van der Waals surface area (Å²) in [5.41, 5.74) is 7.77. The smallest absolute Gasteiger partial charge is 0.270 e. The van der Waals surface area contributed by atoms with E-state index in [1.807, 2.05) is 30.3 Å². The molecular weight excluding hydrogens is 361 g/mol. The highest BCUT2D eigenvalue weighted by molar-refractivity contribution is 8.15. The number of nitrogens with two attached hydrogens (primary N) is 1. The van der Waals surface area contributed by atoms with Crippen LogP contribution in [0.3, 0.4) is 0 Å². The van der Waals surface area contributed by atoms with E-state index in [0.717, 1.165) is 5.56 Å². The van der Waals surface area contributed by atoms with Crippen molar-refractivity contribution in [3.63, 3.8) is 0 Å². The molecule has 2 aromatic carbocycles. The van der Waals surface area contributed by atoms with Gasteiger partial charge in [-0.15, -0.1) is 0 Å². The van der Waals surface area contributed by atoms with Crippen LogP contribution in [0, 0.1) is 5.82 Å². The molecule has 0 aromatic heterocycles. The van der Waals surface area contributed by atoms with E-state index >= 15 is 0 Å². The van der Waals surface area contributed by atoms with Crippen LogP contribution >= 0.6 is 11.8 Å². The molecule has 27 heavy (non-hydrogen) atoms. The maximum absolute atomic E-state index is 13.7. The number of carbonyl (C=O) groups excluding carboxylic acids is 1. The van der Waals surface area contributed by atoms with Crippen molar-refractivity contribution in [2.45, 2.75) is 24.6 Å². The molecule has 140 valence electrons. The van der Waals surface area contributed by atoms with Crippen LogP contribution in [0.25, 0.3) is 0 Å². The fourth-order valence-electron chi connectivity index (χ4n) is 3.05. The molecule has 1 atom stereocenters. The summed E-state index contributed by atoms with van der Waals surface area (Å²) in [6.45, 7) is 5.96. The Morgan fingerprint density at radius 3 is 2.63 bits per heavy atom. The average molecular weight is 383 g/mol. The Labute approximate surface area is 162 Å². The monoisotopic (exact) mass is 383 g/mol. The van der Waals surface area contributed by atoms with E-state index in [-0.39, 0.29) is 11.7 Å². The molecule has 0 aliphatic carbocycles. The van der Waals surface area contributed by atoms with Crippen LogP contribution in [0.15, 0.2) is 71.9 Å². The molecule has 4 nitrogen and oxygen atoms in total. The van der Waals surface area contributed by atoms with Crippen molar-refractivity contribution >= 4 is 22.7 Å². The summed E-state index contributed by atoms with van der Waals surface area (Å²) in [6, 6.07) is 16.0. The minimum absolute atomic E-state index is 0.255. The number of benzene rings is 2. The minimum Gasteiger partial charge on any atom is -0.330 e. The summed E-state index contributed by atoms with van der Waals surface area (Å²) in [7, 11) is 0. The first-order chi connectivity index (χ1) is 13.0. The first-order valence-corrected chi connectivity index (χ1v) is 9.59. The lowest BCUT2D eigenvalue weighted by Gasteiger charge is -2.36. The Morgan fingerprint density at radius 1 is 1.26 bits per heavy atom. The van der Waals surface area contributed by atoms with Crippen LogP contribution in [0.4, 0.5) is 4.39 Å². The van der Waals surface area contributed by atoms with Gasteiger partial charge in [-0.25, -0.2) is 9.40 Å². The van der Waals surface area contributed by atoms with E-state index in [1.54, 1.807) is 19.1 Å². The summed E-state index contributed by atoms with van der Waals surface area (Å²) in [5, 5.41) is 6.69. The first kappa shape index (κ1) is 19.3. The van der Waals surface area contributed by atoms with Gasteiger partial charge >= 0.3 is 0 Å². The molecule has 0 saturated carbocycles. The molecule has 0 bridgehead atoms. The normalized spacial score (nSPS) is 19.1. The lowest BCUT2D eigenvalue weighted by atomic mass is 9.99. The SMILES string of the molecule is C=C(C)C(=O)N1N=C(c2cccc(F)c2)SC1(CCCN)c1ccccc1. The van der Waals surface area contributed by atoms with Gasteiger partial charge in [0.25, 0.3) is 5.91 Å². The van der Waals surface area contributed by atoms with Crippen molar-refractivity contribution in [3.05, 3.63) is 83.7 Å². The number of thioether (sulfide) groups is 1. The number of rotatable bonds is 6. The largest absolute Gasteiger partial charge is 0.330 e. The second-order valence-corrected chi connectivity index (χ2v) is 7.72. The van der Waals surface area contributed by atoms with Gasteiger partial charge in [0, 0.05) is 11.1 Å². The summed E-state index contributed by atoms with van der Waals surface area (Å²) < 4.78 is 13.7. The fourth-order valence-corrected chi connectivity index (χ4v) is 4.44. The molecule has 1 heterocycles. The van der Waals surface area contributed by atoms with Gasteiger partial charge in [0.1, 0.15) is 15.7 Å². The average Bonchev–Trinajstić information content (AvgIpc) is 3.07. The maximum Gasteiger partial charge on any atom is 0.270 e. The van der Waals surface area contributed by atoms with E-state index in [4.69, 9.17) is 5.73 Å². The zero-order valence-electron chi connectivity index (χ0n) is 15.2. The predicted octanol–water partition coefficient (Wildman–Crippen LogP) is 4.23. The third-order valence-electron chi connectivity index (χ3n) is 4.37. The Balaban J connectivity index is 2.13. The highest BCUT2D eigenvalue weighted by atomic mass is 32.2. The first-order valence-electron chi connectivity index (χ1n) is 8.77. The number of halogens is 1. The van der Waals surface area contributed by atoms with Crippen LogP contribution in [0.5, 0.6) is 0 Å². The third-order valence-corrected chi connectivity index (χ3v) is 5.83. The Bertz CT molecular complexity index is 884. The number of nitrogens with zero attached hydrogens (tertiary/aromatic N) is 2. The highest BCUT2D eigenvalue weighted by Gasteiger charge is 2.48. The van der Waals surface area contributed by atoms with Crippen LogP contribution < -0.4 is 5.73 Å². The van der Waals surface area contributed by atoms with Crippen LogP contribution in [0.2, 0.25) is 0 Å². The minimum atomic E-state index is -0.738. The lowest BCUT2D eigenvalue weighted by molar-refractivity contribution is -0.130. The lowest BCUT2D eigenvalue weighted by Crippen LogP contribution is -2.42. The van der Waals surface area contributed by atoms with Gasteiger partial charge in [-0.3, -0.25) is 4.79 Å². The van der Waals surface area contributed by atoms with Gasteiger partial charge in [-0.2, -0.15) is 5.10 Å².